The summed E-state index contributed by atoms with van der Waals surface area (Å²) >= 11 is 3.40. The average molecular weight is 329 g/mol. The van der Waals surface area contributed by atoms with Crippen LogP contribution in [0, 0.1) is 0 Å². The molecule has 0 fully saturated rings. The van der Waals surface area contributed by atoms with Crippen LogP contribution in [0.4, 0.5) is 4.79 Å². The van der Waals surface area contributed by atoms with E-state index in [9.17, 15) is 4.79 Å². The maximum absolute atomic E-state index is 11.7. The number of hydrogen-bond acceptors (Lipinski definition) is 2. The summed E-state index contributed by atoms with van der Waals surface area (Å²) in [6.45, 7) is 4.42. The van der Waals surface area contributed by atoms with E-state index in [4.69, 9.17) is 4.74 Å². The summed E-state index contributed by atoms with van der Waals surface area (Å²) in [6, 6.07) is 8.09. The van der Waals surface area contributed by atoms with Gasteiger partial charge in [-0.05, 0) is 31.0 Å². The molecule has 0 spiro atoms. The Morgan fingerprint density at radius 1 is 1.37 bits per heavy atom. The van der Waals surface area contributed by atoms with Gasteiger partial charge in [0.05, 0.1) is 6.61 Å². The number of rotatable bonds is 7. The van der Waals surface area contributed by atoms with Crippen LogP contribution in [0.25, 0.3) is 0 Å². The number of nitrogens with zero attached hydrogens (tertiary/aromatic N) is 1. The molecule has 2 amide bonds. The molecule has 0 aliphatic heterocycles. The number of hydrogen-bond donors (Lipinski definition) is 1. The molecule has 0 unspecified atom stereocenters. The number of carbonyl (C=O) groups excluding carboxylic acids is 1. The topological polar surface area (TPSA) is 41.6 Å². The minimum atomic E-state index is -0.0585. The molecule has 0 saturated heterocycles. The number of carbonyl (C=O) groups is 1. The third kappa shape index (κ3) is 6.59. The fourth-order valence-corrected chi connectivity index (χ4v) is 1.82. The lowest BCUT2D eigenvalue weighted by atomic mass is 10.1. The first-order valence-electron chi connectivity index (χ1n) is 6.44. The number of amides is 2. The summed E-state index contributed by atoms with van der Waals surface area (Å²) in [5, 5.41) is 2.82. The molecule has 0 saturated carbocycles. The van der Waals surface area contributed by atoms with Crippen molar-refractivity contribution in [2.75, 3.05) is 33.4 Å². The molecule has 1 aromatic carbocycles. The Kier molecular flexibility index (Phi) is 7.52. The van der Waals surface area contributed by atoms with Crippen LogP contribution in [0.2, 0.25) is 0 Å². The zero-order chi connectivity index (χ0) is 14.1. The minimum Gasteiger partial charge on any atom is -0.380 e. The number of benzene rings is 1. The second-order valence-electron chi connectivity index (χ2n) is 4.23. The number of urea groups is 1. The number of ether oxygens (including phenoxy) is 1. The van der Waals surface area contributed by atoms with Crippen LogP contribution in [0.15, 0.2) is 28.7 Å². The van der Waals surface area contributed by atoms with Crippen molar-refractivity contribution < 1.29 is 9.53 Å². The predicted molar refractivity (Wildman–Crippen MR) is 80.4 cm³/mol. The summed E-state index contributed by atoms with van der Waals surface area (Å²) in [4.78, 5) is 13.4. The van der Waals surface area contributed by atoms with Crippen molar-refractivity contribution in [2.24, 2.45) is 0 Å². The van der Waals surface area contributed by atoms with Gasteiger partial charge in [-0.25, -0.2) is 4.79 Å². The molecule has 1 rings (SSSR count). The van der Waals surface area contributed by atoms with Gasteiger partial charge in [0.15, 0.2) is 0 Å². The lowest BCUT2D eigenvalue weighted by molar-refractivity contribution is 0.146. The molecule has 0 aliphatic carbocycles. The van der Waals surface area contributed by atoms with E-state index in [2.05, 4.69) is 33.4 Å². The molecule has 1 aromatic rings. The highest BCUT2D eigenvalue weighted by molar-refractivity contribution is 9.10. The van der Waals surface area contributed by atoms with Crippen molar-refractivity contribution in [3.05, 3.63) is 34.3 Å². The van der Waals surface area contributed by atoms with Crippen LogP contribution >= 0.6 is 15.9 Å². The summed E-state index contributed by atoms with van der Waals surface area (Å²) in [6.07, 6.45) is 0.850. The van der Waals surface area contributed by atoms with E-state index in [0.717, 1.165) is 10.9 Å². The quantitative estimate of drug-likeness (QED) is 0.782. The molecule has 0 radical (unpaired) electrons. The Bertz CT molecular complexity index is 382. The van der Waals surface area contributed by atoms with Crippen molar-refractivity contribution >= 4 is 22.0 Å². The van der Waals surface area contributed by atoms with Crippen molar-refractivity contribution in [3.8, 4) is 0 Å². The first kappa shape index (κ1) is 16.0. The Morgan fingerprint density at radius 2 is 2.05 bits per heavy atom. The van der Waals surface area contributed by atoms with Crippen LogP contribution in [0.1, 0.15) is 12.5 Å². The molecule has 19 heavy (non-hydrogen) atoms. The monoisotopic (exact) mass is 328 g/mol. The SMILES string of the molecule is CCOCCNC(=O)N(C)CCc1ccc(Br)cc1. The van der Waals surface area contributed by atoms with Gasteiger partial charge in [0.1, 0.15) is 0 Å². The molecular weight excluding hydrogens is 308 g/mol. The normalized spacial score (nSPS) is 10.3. The maximum atomic E-state index is 11.7. The third-order valence-electron chi connectivity index (χ3n) is 2.72. The fraction of sp³-hybridized carbons (Fsp3) is 0.500. The number of likely N-dealkylation sites (N-methyl/N-ethyl adjacent to an activating group) is 1. The van der Waals surface area contributed by atoms with Gasteiger partial charge >= 0.3 is 6.03 Å². The van der Waals surface area contributed by atoms with Crippen molar-refractivity contribution in [2.45, 2.75) is 13.3 Å². The molecule has 0 bridgehead atoms. The molecule has 0 heterocycles. The number of nitrogens with one attached hydrogen (secondary N) is 1. The lowest BCUT2D eigenvalue weighted by Crippen LogP contribution is -2.39. The van der Waals surface area contributed by atoms with E-state index in [0.29, 0.717) is 26.3 Å². The summed E-state index contributed by atoms with van der Waals surface area (Å²) in [5.41, 5.74) is 1.22. The molecule has 4 nitrogen and oxygen atoms in total. The van der Waals surface area contributed by atoms with Crippen molar-refractivity contribution in [1.29, 1.82) is 0 Å². The highest BCUT2D eigenvalue weighted by Crippen LogP contribution is 2.11. The molecule has 1 N–H and O–H groups in total. The molecule has 5 heteroatoms. The fourth-order valence-electron chi connectivity index (χ4n) is 1.56. The first-order valence-corrected chi connectivity index (χ1v) is 7.24. The Balaban J connectivity index is 2.24. The van der Waals surface area contributed by atoms with Crippen LogP contribution in [-0.2, 0) is 11.2 Å². The van der Waals surface area contributed by atoms with E-state index >= 15 is 0 Å². The van der Waals surface area contributed by atoms with Gasteiger partial charge < -0.3 is 15.0 Å². The van der Waals surface area contributed by atoms with Gasteiger partial charge in [0.25, 0.3) is 0 Å². The van der Waals surface area contributed by atoms with Crippen molar-refractivity contribution in [3.63, 3.8) is 0 Å². The van der Waals surface area contributed by atoms with Gasteiger partial charge in [-0.15, -0.1) is 0 Å². The average Bonchev–Trinajstić information content (AvgIpc) is 2.42. The highest BCUT2D eigenvalue weighted by atomic mass is 79.9. The minimum absolute atomic E-state index is 0.0585. The van der Waals surface area contributed by atoms with Gasteiger partial charge in [-0.3, -0.25) is 0 Å². The van der Waals surface area contributed by atoms with Crippen molar-refractivity contribution in [1.82, 2.24) is 10.2 Å². The van der Waals surface area contributed by atoms with Gasteiger partial charge in [0.2, 0.25) is 0 Å². The predicted octanol–water partition coefficient (Wildman–Crippen LogP) is 2.67. The third-order valence-corrected chi connectivity index (χ3v) is 3.25. The zero-order valence-electron chi connectivity index (χ0n) is 11.5. The largest absolute Gasteiger partial charge is 0.380 e. The smallest absolute Gasteiger partial charge is 0.317 e. The highest BCUT2D eigenvalue weighted by Gasteiger charge is 2.07. The van der Waals surface area contributed by atoms with Crippen LogP contribution < -0.4 is 5.32 Å². The lowest BCUT2D eigenvalue weighted by Gasteiger charge is -2.18. The van der Waals surface area contributed by atoms with Gasteiger partial charge in [-0.2, -0.15) is 0 Å². The Hall–Kier alpha value is -1.07. The molecular formula is C14H21BrN2O2. The Morgan fingerprint density at radius 3 is 2.68 bits per heavy atom. The van der Waals surface area contributed by atoms with Crippen LogP contribution in [0.5, 0.6) is 0 Å². The second kappa shape index (κ2) is 8.93. The van der Waals surface area contributed by atoms with Crippen LogP contribution in [0.3, 0.4) is 0 Å². The maximum Gasteiger partial charge on any atom is 0.317 e. The zero-order valence-corrected chi connectivity index (χ0v) is 13.1. The molecule has 0 aromatic heterocycles. The van der Waals surface area contributed by atoms with Crippen LogP contribution in [-0.4, -0.2) is 44.3 Å². The molecule has 0 aliphatic rings. The van der Waals surface area contributed by atoms with Gasteiger partial charge in [-0.1, -0.05) is 28.1 Å². The number of halogens is 1. The summed E-state index contributed by atoms with van der Waals surface area (Å²) < 4.78 is 6.23. The van der Waals surface area contributed by atoms with Gasteiger partial charge in [0, 0.05) is 31.2 Å². The second-order valence-corrected chi connectivity index (χ2v) is 5.14. The first-order chi connectivity index (χ1) is 9.13. The summed E-state index contributed by atoms with van der Waals surface area (Å²) in [7, 11) is 1.80. The standard InChI is InChI=1S/C14H21BrN2O2/c1-3-19-11-9-16-14(18)17(2)10-8-12-4-6-13(15)7-5-12/h4-7H,3,8-11H2,1-2H3,(H,16,18). The van der Waals surface area contributed by atoms with E-state index in [1.54, 1.807) is 11.9 Å². The molecule has 106 valence electrons. The van der Waals surface area contributed by atoms with E-state index in [1.165, 1.54) is 5.56 Å². The van der Waals surface area contributed by atoms with E-state index < -0.39 is 0 Å². The van der Waals surface area contributed by atoms with E-state index in [-0.39, 0.29) is 6.03 Å². The summed E-state index contributed by atoms with van der Waals surface area (Å²) in [5.74, 6) is 0. The Labute approximate surface area is 123 Å². The van der Waals surface area contributed by atoms with E-state index in [1.807, 2.05) is 19.1 Å². The molecule has 0 atom stereocenters.